The van der Waals surface area contributed by atoms with Gasteiger partial charge < -0.3 is 5.32 Å². The fourth-order valence-electron chi connectivity index (χ4n) is 1.93. The molecule has 1 nitrogen and oxygen atoms in total. The topological polar surface area (TPSA) is 12.0 Å². The molecule has 2 rings (SSSR count). The third kappa shape index (κ3) is 2.99. The van der Waals surface area contributed by atoms with Gasteiger partial charge in [0.25, 0.3) is 0 Å². The van der Waals surface area contributed by atoms with E-state index >= 15 is 0 Å². The minimum atomic E-state index is -0.240. The van der Waals surface area contributed by atoms with Crippen LogP contribution in [-0.4, -0.2) is 6.54 Å². The highest BCUT2D eigenvalue weighted by Crippen LogP contribution is 2.22. The zero-order valence-corrected chi connectivity index (χ0v) is 9.80. The molecule has 0 aliphatic heterocycles. The molecule has 1 atom stereocenters. The van der Waals surface area contributed by atoms with E-state index in [1.54, 1.807) is 12.1 Å². The summed E-state index contributed by atoms with van der Waals surface area (Å²) in [5.41, 5.74) is 0.502. The Labute approximate surface area is 100 Å². The summed E-state index contributed by atoms with van der Waals surface area (Å²) in [5.74, 6) is 0.360. The van der Waals surface area contributed by atoms with Gasteiger partial charge in [0.2, 0.25) is 0 Å². The lowest BCUT2D eigenvalue weighted by Crippen LogP contribution is -2.15. The number of nitrogens with one attached hydrogen (secondary N) is 1. The minimum Gasteiger partial charge on any atom is -0.382 e. The molecular weight excluding hydrogens is 225 g/mol. The molecule has 1 aliphatic carbocycles. The maximum atomic E-state index is 13.4. The van der Waals surface area contributed by atoms with Gasteiger partial charge in [-0.05, 0) is 43.4 Å². The SMILES string of the molecule is Fc1ccc(Cl)cc1NCC1CC=CCC1. The zero-order valence-electron chi connectivity index (χ0n) is 9.05. The molecule has 16 heavy (non-hydrogen) atoms. The molecule has 0 fully saturated rings. The van der Waals surface area contributed by atoms with Gasteiger partial charge in [-0.3, -0.25) is 0 Å². The Bertz CT molecular complexity index is 390. The number of benzene rings is 1. The Morgan fingerprint density at radius 3 is 3.00 bits per heavy atom. The summed E-state index contributed by atoms with van der Waals surface area (Å²) in [5, 5.41) is 3.69. The van der Waals surface area contributed by atoms with E-state index in [2.05, 4.69) is 17.5 Å². The first-order valence-corrected chi connectivity index (χ1v) is 5.97. The number of hydrogen-bond donors (Lipinski definition) is 1. The van der Waals surface area contributed by atoms with Crippen LogP contribution in [0.15, 0.2) is 30.4 Å². The highest BCUT2D eigenvalue weighted by Gasteiger charge is 2.10. The number of hydrogen-bond acceptors (Lipinski definition) is 1. The Kier molecular flexibility index (Phi) is 3.83. The van der Waals surface area contributed by atoms with Gasteiger partial charge in [0.1, 0.15) is 5.82 Å². The average Bonchev–Trinajstić information content (AvgIpc) is 2.32. The number of halogens is 2. The van der Waals surface area contributed by atoms with Crippen LogP contribution in [0.25, 0.3) is 0 Å². The standard InChI is InChI=1S/C13H15ClFN/c14-11-6-7-12(15)13(8-11)16-9-10-4-2-1-3-5-10/h1-2,6-8,10,16H,3-5,9H2. The number of allylic oxidation sites excluding steroid dienone is 2. The first-order valence-electron chi connectivity index (χ1n) is 5.59. The molecule has 0 saturated heterocycles. The second-order valence-corrected chi connectivity index (χ2v) is 4.59. The first kappa shape index (κ1) is 11.5. The van der Waals surface area contributed by atoms with Crippen LogP contribution in [-0.2, 0) is 0 Å². The van der Waals surface area contributed by atoms with Crippen LogP contribution < -0.4 is 5.32 Å². The first-order chi connectivity index (χ1) is 7.75. The Hall–Kier alpha value is -1.02. The fraction of sp³-hybridized carbons (Fsp3) is 0.385. The minimum absolute atomic E-state index is 0.240. The lowest BCUT2D eigenvalue weighted by atomic mass is 9.94. The summed E-state index contributed by atoms with van der Waals surface area (Å²) in [7, 11) is 0. The maximum Gasteiger partial charge on any atom is 0.146 e. The molecule has 0 bridgehead atoms. The molecule has 1 aromatic carbocycles. The smallest absolute Gasteiger partial charge is 0.146 e. The summed E-state index contributed by atoms with van der Waals surface area (Å²) in [6.45, 7) is 0.807. The van der Waals surface area contributed by atoms with E-state index in [0.29, 0.717) is 16.6 Å². The van der Waals surface area contributed by atoms with Gasteiger partial charge in [-0.15, -0.1) is 0 Å². The van der Waals surface area contributed by atoms with E-state index in [9.17, 15) is 4.39 Å². The quantitative estimate of drug-likeness (QED) is 0.778. The van der Waals surface area contributed by atoms with Crippen molar-refractivity contribution >= 4 is 17.3 Å². The summed E-state index contributed by atoms with van der Waals surface area (Å²) >= 11 is 5.82. The van der Waals surface area contributed by atoms with Crippen LogP contribution in [0.4, 0.5) is 10.1 Å². The van der Waals surface area contributed by atoms with E-state index in [0.717, 1.165) is 19.4 Å². The van der Waals surface area contributed by atoms with Gasteiger partial charge in [0, 0.05) is 11.6 Å². The van der Waals surface area contributed by atoms with Crippen molar-refractivity contribution in [2.75, 3.05) is 11.9 Å². The zero-order chi connectivity index (χ0) is 11.4. The second-order valence-electron chi connectivity index (χ2n) is 4.16. The summed E-state index contributed by atoms with van der Waals surface area (Å²) < 4.78 is 13.4. The molecular formula is C13H15ClFN. The predicted molar refractivity (Wildman–Crippen MR) is 66.4 cm³/mol. The van der Waals surface area contributed by atoms with Gasteiger partial charge in [-0.2, -0.15) is 0 Å². The summed E-state index contributed by atoms with van der Waals surface area (Å²) in [6, 6.07) is 4.59. The predicted octanol–water partition coefficient (Wildman–Crippen LogP) is 4.25. The molecule has 86 valence electrons. The Morgan fingerprint density at radius 2 is 2.25 bits per heavy atom. The van der Waals surface area contributed by atoms with E-state index in [1.807, 2.05) is 0 Å². The van der Waals surface area contributed by atoms with Crippen molar-refractivity contribution < 1.29 is 4.39 Å². The largest absolute Gasteiger partial charge is 0.382 e. The third-order valence-electron chi connectivity index (χ3n) is 2.89. The molecule has 0 heterocycles. The maximum absolute atomic E-state index is 13.4. The number of rotatable bonds is 3. The van der Waals surface area contributed by atoms with Gasteiger partial charge in [0.15, 0.2) is 0 Å². The van der Waals surface area contributed by atoms with E-state index in [-0.39, 0.29) is 5.82 Å². The monoisotopic (exact) mass is 239 g/mol. The molecule has 3 heteroatoms. The van der Waals surface area contributed by atoms with Crippen LogP contribution in [0.2, 0.25) is 5.02 Å². The Morgan fingerprint density at radius 1 is 1.38 bits per heavy atom. The van der Waals surface area contributed by atoms with E-state index in [1.165, 1.54) is 12.5 Å². The molecule has 0 saturated carbocycles. The average molecular weight is 240 g/mol. The van der Waals surface area contributed by atoms with Gasteiger partial charge in [-0.1, -0.05) is 23.8 Å². The third-order valence-corrected chi connectivity index (χ3v) is 3.12. The van der Waals surface area contributed by atoms with E-state index in [4.69, 9.17) is 11.6 Å². The fourth-order valence-corrected chi connectivity index (χ4v) is 2.10. The van der Waals surface area contributed by atoms with Crippen molar-refractivity contribution in [1.29, 1.82) is 0 Å². The van der Waals surface area contributed by atoms with Gasteiger partial charge in [0.05, 0.1) is 5.69 Å². The van der Waals surface area contributed by atoms with Crippen LogP contribution in [0, 0.1) is 11.7 Å². The molecule has 1 N–H and O–H groups in total. The molecule has 1 aliphatic rings. The van der Waals surface area contributed by atoms with Crippen molar-refractivity contribution in [2.45, 2.75) is 19.3 Å². The highest BCUT2D eigenvalue weighted by atomic mass is 35.5. The van der Waals surface area contributed by atoms with Gasteiger partial charge >= 0.3 is 0 Å². The normalized spacial score (nSPS) is 19.8. The van der Waals surface area contributed by atoms with Crippen molar-refractivity contribution in [2.24, 2.45) is 5.92 Å². The molecule has 0 radical (unpaired) electrons. The van der Waals surface area contributed by atoms with Crippen LogP contribution in [0.5, 0.6) is 0 Å². The Balaban J connectivity index is 1.93. The van der Waals surface area contributed by atoms with E-state index < -0.39 is 0 Å². The molecule has 1 aromatic rings. The van der Waals surface area contributed by atoms with Crippen molar-refractivity contribution in [3.63, 3.8) is 0 Å². The molecule has 1 unspecified atom stereocenters. The molecule has 0 spiro atoms. The highest BCUT2D eigenvalue weighted by molar-refractivity contribution is 6.30. The van der Waals surface area contributed by atoms with Crippen molar-refractivity contribution in [3.05, 3.63) is 41.2 Å². The summed E-state index contributed by atoms with van der Waals surface area (Å²) in [4.78, 5) is 0. The van der Waals surface area contributed by atoms with Crippen molar-refractivity contribution in [1.82, 2.24) is 0 Å². The number of anilines is 1. The molecule has 0 aromatic heterocycles. The van der Waals surface area contributed by atoms with Crippen molar-refractivity contribution in [3.8, 4) is 0 Å². The summed E-state index contributed by atoms with van der Waals surface area (Å²) in [6.07, 6.45) is 7.78. The lowest BCUT2D eigenvalue weighted by Gasteiger charge is -2.19. The second kappa shape index (κ2) is 5.35. The lowest BCUT2D eigenvalue weighted by molar-refractivity contribution is 0.502. The molecule has 0 amide bonds. The van der Waals surface area contributed by atoms with Crippen LogP contribution >= 0.6 is 11.6 Å². The van der Waals surface area contributed by atoms with Crippen LogP contribution in [0.3, 0.4) is 0 Å². The van der Waals surface area contributed by atoms with Gasteiger partial charge in [-0.25, -0.2) is 4.39 Å². The van der Waals surface area contributed by atoms with Crippen LogP contribution in [0.1, 0.15) is 19.3 Å².